The van der Waals surface area contributed by atoms with Crippen molar-refractivity contribution in [3.8, 4) is 12.3 Å². The van der Waals surface area contributed by atoms with E-state index in [1.807, 2.05) is 18.7 Å². The van der Waals surface area contributed by atoms with Gasteiger partial charge in [0.15, 0.2) is 0 Å². The molecular weight excluding hydrogens is 154 g/mol. The van der Waals surface area contributed by atoms with Gasteiger partial charge in [0.25, 0.3) is 0 Å². The van der Waals surface area contributed by atoms with Crippen molar-refractivity contribution < 1.29 is 0 Å². The molecule has 2 heteroatoms. The molecule has 0 spiro atoms. The van der Waals surface area contributed by atoms with E-state index in [1.165, 1.54) is 0 Å². The molecule has 0 fully saturated rings. The Labute approximate surface area is 74.3 Å². The summed E-state index contributed by atoms with van der Waals surface area (Å²) >= 11 is 1.86. The second-order valence-electron chi connectivity index (χ2n) is 2.62. The van der Waals surface area contributed by atoms with Crippen LogP contribution in [0, 0.1) is 12.3 Å². The molecular formula is C9H17NS. The van der Waals surface area contributed by atoms with E-state index >= 15 is 0 Å². The minimum absolute atomic E-state index is 0.201. The van der Waals surface area contributed by atoms with Crippen LogP contribution >= 0.6 is 11.8 Å². The number of rotatable bonds is 5. The number of hydrogen-bond acceptors (Lipinski definition) is 2. The maximum atomic E-state index is 5.25. The van der Waals surface area contributed by atoms with Crippen LogP contribution in [0.15, 0.2) is 0 Å². The van der Waals surface area contributed by atoms with Crippen molar-refractivity contribution in [1.29, 1.82) is 0 Å². The summed E-state index contributed by atoms with van der Waals surface area (Å²) in [5, 5.41) is 3.36. The third-order valence-corrected chi connectivity index (χ3v) is 2.33. The lowest BCUT2D eigenvalue weighted by atomic mass is 10.2. The quantitative estimate of drug-likeness (QED) is 0.632. The first-order valence-electron chi connectivity index (χ1n) is 3.95. The summed E-state index contributed by atoms with van der Waals surface area (Å²) in [7, 11) is 0. The van der Waals surface area contributed by atoms with Crippen LogP contribution in [0.1, 0.15) is 20.3 Å². The third kappa shape index (κ3) is 5.17. The standard InChI is InChI=1S/C9H17NS/c1-5-8(3)10-9(6-2)7-11-4/h1,8-10H,6-7H2,2-4H3. The first kappa shape index (κ1) is 10.9. The topological polar surface area (TPSA) is 12.0 Å². The maximum absolute atomic E-state index is 5.25. The molecule has 0 radical (unpaired) electrons. The van der Waals surface area contributed by atoms with Crippen molar-refractivity contribution in [3.63, 3.8) is 0 Å². The van der Waals surface area contributed by atoms with Gasteiger partial charge in [0.05, 0.1) is 6.04 Å². The average molecular weight is 171 g/mol. The summed E-state index contributed by atoms with van der Waals surface area (Å²) in [6.07, 6.45) is 8.51. The fourth-order valence-corrected chi connectivity index (χ4v) is 1.62. The molecule has 0 aromatic rings. The Morgan fingerprint density at radius 1 is 1.64 bits per heavy atom. The highest BCUT2D eigenvalue weighted by atomic mass is 32.2. The summed E-state index contributed by atoms with van der Waals surface area (Å²) in [6.45, 7) is 4.19. The maximum Gasteiger partial charge on any atom is 0.0660 e. The van der Waals surface area contributed by atoms with Gasteiger partial charge in [0, 0.05) is 11.8 Å². The minimum atomic E-state index is 0.201. The van der Waals surface area contributed by atoms with Crippen molar-refractivity contribution in [1.82, 2.24) is 5.32 Å². The summed E-state index contributed by atoms with van der Waals surface area (Å²) in [6, 6.07) is 0.767. The Hall–Kier alpha value is -0.130. The average Bonchev–Trinajstić information content (AvgIpc) is 2.03. The van der Waals surface area contributed by atoms with Gasteiger partial charge in [-0.15, -0.1) is 6.42 Å². The molecule has 2 atom stereocenters. The van der Waals surface area contributed by atoms with E-state index in [2.05, 4.69) is 24.4 Å². The van der Waals surface area contributed by atoms with Gasteiger partial charge >= 0.3 is 0 Å². The molecule has 0 aliphatic carbocycles. The molecule has 0 aliphatic heterocycles. The number of nitrogens with one attached hydrogen (secondary N) is 1. The van der Waals surface area contributed by atoms with Gasteiger partial charge in [-0.3, -0.25) is 0 Å². The lowest BCUT2D eigenvalue weighted by Crippen LogP contribution is -2.36. The Bertz CT molecular complexity index is 128. The number of thioether (sulfide) groups is 1. The molecule has 0 bridgehead atoms. The zero-order valence-corrected chi connectivity index (χ0v) is 8.37. The Morgan fingerprint density at radius 3 is 2.64 bits per heavy atom. The molecule has 1 nitrogen and oxygen atoms in total. The van der Waals surface area contributed by atoms with Crippen molar-refractivity contribution in [2.24, 2.45) is 0 Å². The van der Waals surface area contributed by atoms with Crippen LogP contribution in [0.25, 0.3) is 0 Å². The zero-order chi connectivity index (χ0) is 8.69. The van der Waals surface area contributed by atoms with Crippen molar-refractivity contribution >= 4 is 11.8 Å². The molecule has 0 heterocycles. The van der Waals surface area contributed by atoms with Crippen LogP contribution in [-0.4, -0.2) is 24.1 Å². The SMILES string of the molecule is C#CC(C)NC(CC)CSC. The van der Waals surface area contributed by atoms with Crippen molar-refractivity contribution in [2.75, 3.05) is 12.0 Å². The Kier molecular flexibility index (Phi) is 6.49. The van der Waals surface area contributed by atoms with E-state index in [0.717, 1.165) is 12.2 Å². The summed E-state index contributed by atoms with van der Waals surface area (Å²) in [5.74, 6) is 3.81. The highest BCUT2D eigenvalue weighted by Gasteiger charge is 2.06. The molecule has 0 aromatic heterocycles. The van der Waals surface area contributed by atoms with Crippen LogP contribution in [0.5, 0.6) is 0 Å². The smallest absolute Gasteiger partial charge is 0.0660 e. The van der Waals surface area contributed by atoms with E-state index in [0.29, 0.717) is 6.04 Å². The molecule has 0 saturated carbocycles. The number of terminal acetylenes is 1. The van der Waals surface area contributed by atoms with Gasteiger partial charge in [-0.2, -0.15) is 11.8 Å². The molecule has 0 aromatic carbocycles. The largest absolute Gasteiger partial charge is 0.300 e. The first-order chi connectivity index (χ1) is 5.24. The summed E-state index contributed by atoms with van der Waals surface area (Å²) in [4.78, 5) is 0. The highest BCUT2D eigenvalue weighted by molar-refractivity contribution is 7.98. The predicted octanol–water partition coefficient (Wildman–Crippen LogP) is 1.74. The highest BCUT2D eigenvalue weighted by Crippen LogP contribution is 2.01. The van der Waals surface area contributed by atoms with E-state index in [9.17, 15) is 0 Å². The molecule has 64 valence electrons. The van der Waals surface area contributed by atoms with E-state index in [4.69, 9.17) is 6.42 Å². The normalized spacial score (nSPS) is 15.5. The molecule has 0 rings (SSSR count). The van der Waals surface area contributed by atoms with Gasteiger partial charge in [-0.05, 0) is 19.6 Å². The van der Waals surface area contributed by atoms with Crippen molar-refractivity contribution in [3.05, 3.63) is 0 Å². The second kappa shape index (κ2) is 6.57. The zero-order valence-electron chi connectivity index (χ0n) is 7.55. The lowest BCUT2D eigenvalue weighted by Gasteiger charge is -2.17. The van der Waals surface area contributed by atoms with Crippen LogP contribution in [0.3, 0.4) is 0 Å². The van der Waals surface area contributed by atoms with Crippen LogP contribution in [-0.2, 0) is 0 Å². The third-order valence-electron chi connectivity index (χ3n) is 1.60. The molecule has 2 unspecified atom stereocenters. The fraction of sp³-hybridized carbons (Fsp3) is 0.778. The van der Waals surface area contributed by atoms with Crippen molar-refractivity contribution in [2.45, 2.75) is 32.4 Å². The van der Waals surface area contributed by atoms with Gasteiger partial charge in [0.2, 0.25) is 0 Å². The van der Waals surface area contributed by atoms with Gasteiger partial charge in [0.1, 0.15) is 0 Å². The first-order valence-corrected chi connectivity index (χ1v) is 5.35. The molecule has 0 amide bonds. The summed E-state index contributed by atoms with van der Waals surface area (Å²) in [5.41, 5.74) is 0. The summed E-state index contributed by atoms with van der Waals surface area (Å²) < 4.78 is 0. The lowest BCUT2D eigenvalue weighted by molar-refractivity contribution is 0.518. The minimum Gasteiger partial charge on any atom is -0.300 e. The van der Waals surface area contributed by atoms with Crippen LogP contribution in [0.2, 0.25) is 0 Å². The van der Waals surface area contributed by atoms with E-state index < -0.39 is 0 Å². The predicted molar refractivity (Wildman–Crippen MR) is 53.9 cm³/mol. The van der Waals surface area contributed by atoms with Gasteiger partial charge < -0.3 is 5.32 Å². The second-order valence-corrected chi connectivity index (χ2v) is 3.53. The van der Waals surface area contributed by atoms with E-state index in [-0.39, 0.29) is 6.04 Å². The van der Waals surface area contributed by atoms with Crippen LogP contribution in [0.4, 0.5) is 0 Å². The Balaban J connectivity index is 3.60. The fourth-order valence-electron chi connectivity index (χ4n) is 0.887. The molecule has 11 heavy (non-hydrogen) atoms. The Morgan fingerprint density at radius 2 is 2.27 bits per heavy atom. The van der Waals surface area contributed by atoms with E-state index in [1.54, 1.807) is 0 Å². The monoisotopic (exact) mass is 171 g/mol. The molecule has 0 saturated heterocycles. The van der Waals surface area contributed by atoms with Crippen LogP contribution < -0.4 is 5.32 Å². The van der Waals surface area contributed by atoms with Gasteiger partial charge in [-0.1, -0.05) is 12.8 Å². The van der Waals surface area contributed by atoms with Gasteiger partial charge in [-0.25, -0.2) is 0 Å². The molecule has 1 N–H and O–H groups in total. The molecule has 0 aliphatic rings. The number of hydrogen-bond donors (Lipinski definition) is 1.